The van der Waals surface area contributed by atoms with E-state index in [1.54, 1.807) is 0 Å². The number of hydrogen-bond donors (Lipinski definition) is 0. The zero-order valence-electron chi connectivity index (χ0n) is 6.89. The number of rotatable bonds is 3. The molecule has 0 aliphatic carbocycles. The van der Waals surface area contributed by atoms with Gasteiger partial charge in [0.15, 0.2) is 0 Å². The molecule has 1 nitrogen and oxygen atoms in total. The molecule has 0 bridgehead atoms. The summed E-state index contributed by atoms with van der Waals surface area (Å²) >= 11 is 0. The van der Waals surface area contributed by atoms with E-state index in [4.69, 9.17) is 0 Å². The van der Waals surface area contributed by atoms with Gasteiger partial charge in [-0.2, -0.15) is 0 Å². The Morgan fingerprint density at radius 3 is 2.11 bits per heavy atom. The van der Waals surface area contributed by atoms with E-state index in [0.29, 0.717) is 11.8 Å². The molecule has 0 aliphatic rings. The smallest absolute Gasteiger partial charge is 0.0408 e. The van der Waals surface area contributed by atoms with Crippen molar-refractivity contribution >= 4 is 6.21 Å². The lowest BCUT2D eigenvalue weighted by Gasteiger charge is -1.97. The zero-order chi connectivity index (χ0) is 7.28. The summed E-state index contributed by atoms with van der Waals surface area (Å²) in [6.07, 6.45) is 2.01. The van der Waals surface area contributed by atoms with E-state index in [1.165, 1.54) is 0 Å². The second-order valence-corrected chi connectivity index (χ2v) is 3.15. The average molecular weight is 127 g/mol. The molecule has 9 heavy (non-hydrogen) atoms. The summed E-state index contributed by atoms with van der Waals surface area (Å²) in [5.74, 6) is 1.30. The van der Waals surface area contributed by atoms with Crippen LogP contribution in [-0.4, -0.2) is 12.8 Å². The van der Waals surface area contributed by atoms with Gasteiger partial charge in [0.2, 0.25) is 0 Å². The van der Waals surface area contributed by atoms with Crippen LogP contribution >= 0.6 is 0 Å². The first-order valence-electron chi connectivity index (χ1n) is 3.63. The lowest BCUT2D eigenvalue weighted by atomic mass is 10.2. The molecule has 0 N–H and O–H groups in total. The van der Waals surface area contributed by atoms with Crippen molar-refractivity contribution in [3.63, 3.8) is 0 Å². The maximum absolute atomic E-state index is 4.25. The summed E-state index contributed by atoms with van der Waals surface area (Å²) in [4.78, 5) is 4.25. The van der Waals surface area contributed by atoms with E-state index in [1.807, 2.05) is 6.21 Å². The molecule has 0 aromatic heterocycles. The topological polar surface area (TPSA) is 12.4 Å². The van der Waals surface area contributed by atoms with E-state index in [0.717, 1.165) is 6.54 Å². The van der Waals surface area contributed by atoms with Crippen LogP contribution in [0.4, 0.5) is 0 Å². The van der Waals surface area contributed by atoms with Crippen molar-refractivity contribution in [2.75, 3.05) is 6.54 Å². The molecular weight excluding hydrogens is 110 g/mol. The SMILES string of the molecule is CC(C)/C=N/CC(C)C. The molecule has 0 aromatic carbocycles. The van der Waals surface area contributed by atoms with Gasteiger partial charge in [0.25, 0.3) is 0 Å². The predicted molar refractivity (Wildman–Crippen MR) is 43.0 cm³/mol. The summed E-state index contributed by atoms with van der Waals surface area (Å²) < 4.78 is 0. The van der Waals surface area contributed by atoms with Crippen LogP contribution in [0.2, 0.25) is 0 Å². The van der Waals surface area contributed by atoms with Crippen LogP contribution in [0.1, 0.15) is 27.7 Å². The third kappa shape index (κ3) is 7.67. The number of nitrogens with zero attached hydrogens (tertiary/aromatic N) is 1. The van der Waals surface area contributed by atoms with E-state index in [9.17, 15) is 0 Å². The highest BCUT2D eigenvalue weighted by molar-refractivity contribution is 5.59. The predicted octanol–water partition coefficient (Wildman–Crippen LogP) is 2.37. The zero-order valence-corrected chi connectivity index (χ0v) is 6.89. The Morgan fingerprint density at radius 2 is 1.78 bits per heavy atom. The average Bonchev–Trinajstić information content (AvgIpc) is 1.63. The molecule has 0 atom stereocenters. The monoisotopic (exact) mass is 127 g/mol. The highest BCUT2D eigenvalue weighted by Gasteiger charge is 1.88. The third-order valence-corrected chi connectivity index (χ3v) is 0.874. The first-order valence-corrected chi connectivity index (χ1v) is 3.63. The van der Waals surface area contributed by atoms with Crippen LogP contribution in [0.5, 0.6) is 0 Å². The van der Waals surface area contributed by atoms with Crippen LogP contribution in [0.15, 0.2) is 4.99 Å². The van der Waals surface area contributed by atoms with E-state index in [-0.39, 0.29) is 0 Å². The maximum Gasteiger partial charge on any atom is 0.0408 e. The molecule has 0 unspecified atom stereocenters. The van der Waals surface area contributed by atoms with Crippen LogP contribution in [0.3, 0.4) is 0 Å². The molecule has 0 spiro atoms. The minimum absolute atomic E-state index is 0.601. The van der Waals surface area contributed by atoms with Gasteiger partial charge in [0, 0.05) is 12.8 Å². The normalized spacial score (nSPS) is 12.2. The Morgan fingerprint density at radius 1 is 1.22 bits per heavy atom. The summed E-state index contributed by atoms with van der Waals surface area (Å²) in [5, 5.41) is 0. The van der Waals surface area contributed by atoms with Crippen molar-refractivity contribution in [2.24, 2.45) is 16.8 Å². The number of hydrogen-bond acceptors (Lipinski definition) is 1. The first-order chi connectivity index (χ1) is 4.13. The summed E-state index contributed by atoms with van der Waals surface area (Å²) in [7, 11) is 0. The lowest BCUT2D eigenvalue weighted by molar-refractivity contribution is 0.663. The fourth-order valence-corrected chi connectivity index (χ4v) is 0.482. The van der Waals surface area contributed by atoms with Gasteiger partial charge in [-0.05, 0) is 11.8 Å². The second-order valence-electron chi connectivity index (χ2n) is 3.15. The molecule has 0 rings (SSSR count). The molecular formula is C8H17N. The Hall–Kier alpha value is -0.330. The second kappa shape index (κ2) is 4.54. The number of aliphatic imine (C=N–C) groups is 1. The Bertz CT molecular complexity index is 82.6. The minimum Gasteiger partial charge on any atom is -0.297 e. The Labute approximate surface area is 58.2 Å². The molecule has 0 saturated heterocycles. The summed E-state index contributed by atoms with van der Waals surface area (Å²) in [6, 6.07) is 0. The standard InChI is InChI=1S/C8H17N/c1-7(2)5-9-6-8(3)4/h5,7-8H,6H2,1-4H3/b9-5+. The lowest BCUT2D eigenvalue weighted by Crippen LogP contribution is -1.94. The fraction of sp³-hybridized carbons (Fsp3) is 0.875. The van der Waals surface area contributed by atoms with Crippen molar-refractivity contribution < 1.29 is 0 Å². The summed E-state index contributed by atoms with van der Waals surface area (Å²) in [6.45, 7) is 9.61. The van der Waals surface area contributed by atoms with E-state index < -0.39 is 0 Å². The van der Waals surface area contributed by atoms with Crippen LogP contribution in [-0.2, 0) is 0 Å². The molecule has 0 radical (unpaired) electrons. The third-order valence-electron chi connectivity index (χ3n) is 0.874. The maximum atomic E-state index is 4.25. The van der Waals surface area contributed by atoms with Crippen molar-refractivity contribution in [3.05, 3.63) is 0 Å². The Balaban J connectivity index is 3.25. The van der Waals surface area contributed by atoms with Gasteiger partial charge in [0.1, 0.15) is 0 Å². The van der Waals surface area contributed by atoms with Crippen LogP contribution in [0.25, 0.3) is 0 Å². The van der Waals surface area contributed by atoms with E-state index in [2.05, 4.69) is 32.7 Å². The molecule has 54 valence electrons. The quantitative estimate of drug-likeness (QED) is 0.516. The largest absolute Gasteiger partial charge is 0.297 e. The van der Waals surface area contributed by atoms with Gasteiger partial charge < -0.3 is 0 Å². The highest BCUT2D eigenvalue weighted by atomic mass is 14.7. The molecule has 0 saturated carbocycles. The van der Waals surface area contributed by atoms with Crippen molar-refractivity contribution in [1.29, 1.82) is 0 Å². The minimum atomic E-state index is 0.601. The van der Waals surface area contributed by atoms with Crippen molar-refractivity contribution in [3.8, 4) is 0 Å². The Kier molecular flexibility index (Phi) is 4.37. The van der Waals surface area contributed by atoms with Crippen molar-refractivity contribution in [1.82, 2.24) is 0 Å². The van der Waals surface area contributed by atoms with Gasteiger partial charge in [0.05, 0.1) is 0 Å². The molecule has 0 amide bonds. The van der Waals surface area contributed by atoms with Gasteiger partial charge in [-0.3, -0.25) is 4.99 Å². The first kappa shape index (κ1) is 8.67. The highest BCUT2D eigenvalue weighted by Crippen LogP contribution is 1.92. The van der Waals surface area contributed by atoms with Gasteiger partial charge in [-0.1, -0.05) is 27.7 Å². The van der Waals surface area contributed by atoms with Crippen LogP contribution < -0.4 is 0 Å². The molecule has 0 fully saturated rings. The van der Waals surface area contributed by atoms with Crippen LogP contribution in [0, 0.1) is 11.8 Å². The van der Waals surface area contributed by atoms with E-state index >= 15 is 0 Å². The van der Waals surface area contributed by atoms with Gasteiger partial charge >= 0.3 is 0 Å². The molecule has 0 heterocycles. The summed E-state index contributed by atoms with van der Waals surface area (Å²) in [5.41, 5.74) is 0. The van der Waals surface area contributed by atoms with Crippen molar-refractivity contribution in [2.45, 2.75) is 27.7 Å². The molecule has 0 aliphatic heterocycles. The van der Waals surface area contributed by atoms with Gasteiger partial charge in [-0.15, -0.1) is 0 Å². The molecule has 0 aromatic rings. The fourth-order valence-electron chi connectivity index (χ4n) is 0.482. The van der Waals surface area contributed by atoms with Gasteiger partial charge in [-0.25, -0.2) is 0 Å². The molecule has 1 heteroatoms.